The number of carbonyl (C=O) groups excluding carboxylic acids is 1. The molecule has 0 N–H and O–H groups in total. The van der Waals surface area contributed by atoms with E-state index in [2.05, 4.69) is 4.99 Å². The molecule has 1 amide bonds. The number of dihydropyridines is 1. The number of nitrogens with zero attached hydrogens (tertiary/aromatic N) is 1. The predicted molar refractivity (Wildman–Crippen MR) is 36.4 cm³/mol. The Morgan fingerprint density at radius 3 is 2.56 bits per heavy atom. The summed E-state index contributed by atoms with van der Waals surface area (Å²) in [5.74, 6) is -0.158. The highest BCUT2D eigenvalue weighted by Crippen LogP contribution is 2.16. The van der Waals surface area contributed by atoms with Crippen molar-refractivity contribution in [2.45, 2.75) is 13.8 Å². The summed E-state index contributed by atoms with van der Waals surface area (Å²) in [5, 5.41) is 0. The average Bonchev–Trinajstić information content (AvgIpc) is 1.78. The van der Waals surface area contributed by atoms with Crippen molar-refractivity contribution < 1.29 is 4.79 Å². The van der Waals surface area contributed by atoms with E-state index in [-0.39, 0.29) is 11.3 Å². The number of allylic oxidation sites excluding steroid dienone is 1. The molecule has 0 aromatic heterocycles. The molecule has 1 aliphatic rings. The maximum atomic E-state index is 10.5. The van der Waals surface area contributed by atoms with Crippen molar-refractivity contribution in [1.29, 1.82) is 0 Å². The van der Waals surface area contributed by atoms with Gasteiger partial charge < -0.3 is 0 Å². The highest BCUT2D eigenvalue weighted by atomic mass is 16.1. The fraction of sp³-hybridized carbons (Fsp3) is 0.429. The van der Waals surface area contributed by atoms with Gasteiger partial charge in [-0.1, -0.05) is 19.9 Å². The molecule has 0 saturated carbocycles. The highest BCUT2D eigenvalue weighted by Gasteiger charge is 2.14. The number of hydrogen-bond donors (Lipinski definition) is 0. The standard InChI is InChI=1S/C7H9NO/c1-7(2)4-3-6(9)8-5-7/h3-5H,1-2H3. The molecule has 0 radical (unpaired) electrons. The molecule has 0 aliphatic carbocycles. The van der Waals surface area contributed by atoms with Crippen molar-refractivity contribution in [3.8, 4) is 0 Å². The first-order valence-electron chi connectivity index (χ1n) is 2.89. The zero-order valence-corrected chi connectivity index (χ0v) is 5.59. The largest absolute Gasteiger partial charge is 0.269 e. The molecule has 0 unspecified atom stereocenters. The molecule has 9 heavy (non-hydrogen) atoms. The third kappa shape index (κ3) is 1.49. The average molecular weight is 123 g/mol. The van der Waals surface area contributed by atoms with E-state index in [0.29, 0.717) is 0 Å². The van der Waals surface area contributed by atoms with Crippen molar-refractivity contribution >= 4 is 12.1 Å². The molecule has 0 saturated heterocycles. The second-order valence-electron chi connectivity index (χ2n) is 2.75. The van der Waals surface area contributed by atoms with Gasteiger partial charge in [-0.25, -0.2) is 4.99 Å². The maximum absolute atomic E-state index is 10.5. The number of carbonyl (C=O) groups is 1. The Kier molecular flexibility index (Phi) is 1.24. The van der Waals surface area contributed by atoms with Gasteiger partial charge in [-0.3, -0.25) is 4.79 Å². The minimum absolute atomic E-state index is 0.0338. The lowest BCUT2D eigenvalue weighted by Gasteiger charge is -2.14. The van der Waals surface area contributed by atoms with E-state index in [4.69, 9.17) is 0 Å². The number of rotatable bonds is 0. The normalized spacial score (nSPS) is 22.7. The zero-order chi connectivity index (χ0) is 6.91. The van der Waals surface area contributed by atoms with Gasteiger partial charge in [0.15, 0.2) is 0 Å². The monoisotopic (exact) mass is 123 g/mol. The van der Waals surface area contributed by atoms with Crippen LogP contribution in [0.15, 0.2) is 17.1 Å². The first kappa shape index (κ1) is 6.20. The van der Waals surface area contributed by atoms with E-state index in [1.165, 1.54) is 6.08 Å². The van der Waals surface area contributed by atoms with Crippen LogP contribution in [0.1, 0.15) is 13.8 Å². The third-order valence-electron chi connectivity index (χ3n) is 1.18. The molecule has 0 spiro atoms. The van der Waals surface area contributed by atoms with Crippen LogP contribution >= 0.6 is 0 Å². The van der Waals surface area contributed by atoms with Gasteiger partial charge in [0.25, 0.3) is 5.91 Å². The van der Waals surface area contributed by atoms with Crippen molar-refractivity contribution in [1.82, 2.24) is 0 Å². The quantitative estimate of drug-likeness (QED) is 0.475. The minimum atomic E-state index is -0.158. The second kappa shape index (κ2) is 1.79. The Morgan fingerprint density at radius 2 is 2.22 bits per heavy atom. The second-order valence-corrected chi connectivity index (χ2v) is 2.75. The van der Waals surface area contributed by atoms with Gasteiger partial charge in [0.2, 0.25) is 0 Å². The van der Waals surface area contributed by atoms with E-state index in [1.54, 1.807) is 6.21 Å². The Balaban J connectivity index is 2.82. The van der Waals surface area contributed by atoms with Crippen LogP contribution in [0.25, 0.3) is 0 Å². The summed E-state index contributed by atoms with van der Waals surface area (Å²) in [6.07, 6.45) is 5.01. The van der Waals surface area contributed by atoms with E-state index >= 15 is 0 Å². The third-order valence-corrected chi connectivity index (χ3v) is 1.18. The molecular formula is C7H9NO. The first-order chi connectivity index (χ1) is 4.10. The molecule has 0 aromatic rings. The van der Waals surface area contributed by atoms with Crippen molar-refractivity contribution in [2.75, 3.05) is 0 Å². The Labute approximate surface area is 54.3 Å². The summed E-state index contributed by atoms with van der Waals surface area (Å²) >= 11 is 0. The lowest BCUT2D eigenvalue weighted by atomic mass is 9.93. The van der Waals surface area contributed by atoms with Crippen molar-refractivity contribution in [3.05, 3.63) is 12.2 Å². The molecule has 1 aliphatic heterocycles. The molecule has 0 aromatic carbocycles. The van der Waals surface area contributed by atoms with Crippen LogP contribution in [0.2, 0.25) is 0 Å². The molecule has 48 valence electrons. The maximum Gasteiger partial charge on any atom is 0.269 e. The van der Waals surface area contributed by atoms with Crippen LogP contribution in [-0.2, 0) is 4.79 Å². The molecule has 0 atom stereocenters. The number of aliphatic imine (C=N–C) groups is 1. The molecule has 0 fully saturated rings. The smallest absolute Gasteiger partial charge is 0.268 e. The summed E-state index contributed by atoms with van der Waals surface area (Å²) in [6, 6.07) is 0. The van der Waals surface area contributed by atoms with Crippen LogP contribution in [-0.4, -0.2) is 12.1 Å². The van der Waals surface area contributed by atoms with Gasteiger partial charge >= 0.3 is 0 Å². The summed E-state index contributed by atoms with van der Waals surface area (Å²) in [7, 11) is 0. The Hall–Kier alpha value is -0.920. The molecule has 0 bridgehead atoms. The lowest BCUT2D eigenvalue weighted by molar-refractivity contribution is -0.113. The van der Waals surface area contributed by atoms with E-state index in [0.717, 1.165) is 0 Å². The first-order valence-corrected chi connectivity index (χ1v) is 2.89. The number of amides is 1. The van der Waals surface area contributed by atoms with Crippen LogP contribution in [0, 0.1) is 5.41 Å². The molecule has 1 rings (SSSR count). The van der Waals surface area contributed by atoms with Gasteiger partial charge in [0, 0.05) is 17.7 Å². The van der Waals surface area contributed by atoms with Crippen LogP contribution in [0.3, 0.4) is 0 Å². The van der Waals surface area contributed by atoms with Crippen LogP contribution < -0.4 is 0 Å². The predicted octanol–water partition coefficient (Wildman–Crippen LogP) is 1.18. The summed E-state index contributed by atoms with van der Waals surface area (Å²) in [4.78, 5) is 14.1. The molecule has 2 heteroatoms. The lowest BCUT2D eigenvalue weighted by Crippen LogP contribution is -2.14. The van der Waals surface area contributed by atoms with Gasteiger partial charge in [-0.05, 0) is 0 Å². The summed E-state index contributed by atoms with van der Waals surface area (Å²) in [6.45, 7) is 4.00. The Bertz CT molecular complexity index is 171. The SMILES string of the molecule is CC1(C)C=CC(=O)N=C1. The van der Waals surface area contributed by atoms with Gasteiger partial charge in [0.1, 0.15) is 0 Å². The van der Waals surface area contributed by atoms with E-state index < -0.39 is 0 Å². The molecule has 1 heterocycles. The van der Waals surface area contributed by atoms with Crippen molar-refractivity contribution in [3.63, 3.8) is 0 Å². The molecule has 2 nitrogen and oxygen atoms in total. The number of hydrogen-bond acceptors (Lipinski definition) is 1. The Morgan fingerprint density at radius 1 is 1.56 bits per heavy atom. The fourth-order valence-corrected chi connectivity index (χ4v) is 0.602. The minimum Gasteiger partial charge on any atom is -0.268 e. The fourth-order valence-electron chi connectivity index (χ4n) is 0.602. The van der Waals surface area contributed by atoms with Crippen molar-refractivity contribution in [2.24, 2.45) is 10.4 Å². The van der Waals surface area contributed by atoms with Gasteiger partial charge in [0.05, 0.1) is 0 Å². The molecular weight excluding hydrogens is 114 g/mol. The highest BCUT2D eigenvalue weighted by molar-refractivity contribution is 5.97. The van der Waals surface area contributed by atoms with E-state index in [1.807, 2.05) is 19.9 Å². The van der Waals surface area contributed by atoms with Gasteiger partial charge in [-0.2, -0.15) is 0 Å². The summed E-state index contributed by atoms with van der Waals surface area (Å²) < 4.78 is 0. The van der Waals surface area contributed by atoms with Crippen LogP contribution in [0.4, 0.5) is 0 Å². The zero-order valence-electron chi connectivity index (χ0n) is 5.59. The summed E-state index contributed by atoms with van der Waals surface area (Å²) in [5.41, 5.74) is -0.0338. The van der Waals surface area contributed by atoms with Gasteiger partial charge in [-0.15, -0.1) is 0 Å². The topological polar surface area (TPSA) is 29.4 Å². The van der Waals surface area contributed by atoms with E-state index in [9.17, 15) is 4.79 Å². The van der Waals surface area contributed by atoms with Crippen LogP contribution in [0.5, 0.6) is 0 Å².